The Labute approximate surface area is 91.2 Å². The lowest BCUT2D eigenvalue weighted by atomic mass is 10.1. The van der Waals surface area contributed by atoms with E-state index in [9.17, 15) is 31.1 Å². The number of rotatable bonds is 1. The van der Waals surface area contributed by atoms with E-state index in [0.717, 1.165) is 18.2 Å². The van der Waals surface area contributed by atoms with Crippen LogP contribution in [-0.2, 0) is 11.0 Å². The molecule has 2 nitrogen and oxygen atoms in total. The quantitative estimate of drug-likeness (QED) is 0.769. The largest absolute Gasteiger partial charge is 0.471 e. The molecule has 0 bridgehead atoms. The third kappa shape index (κ3) is 3.36. The van der Waals surface area contributed by atoms with Gasteiger partial charge in [0.25, 0.3) is 0 Å². The molecule has 0 aliphatic carbocycles. The van der Waals surface area contributed by atoms with Gasteiger partial charge in [0.1, 0.15) is 0 Å². The summed E-state index contributed by atoms with van der Waals surface area (Å²) in [6, 6.07) is 3.41. The Hall–Kier alpha value is -1.73. The predicted octanol–water partition coefficient (Wildman–Crippen LogP) is 3.21. The van der Waals surface area contributed by atoms with Crippen molar-refractivity contribution < 1.29 is 31.1 Å². The van der Waals surface area contributed by atoms with Crippen LogP contribution in [0.15, 0.2) is 24.3 Å². The zero-order valence-corrected chi connectivity index (χ0v) is 7.99. The molecule has 1 amide bonds. The Morgan fingerprint density at radius 1 is 1.00 bits per heavy atom. The highest BCUT2D eigenvalue weighted by Crippen LogP contribution is 2.35. The minimum absolute atomic E-state index is 0.575. The second-order valence-electron chi connectivity index (χ2n) is 3.00. The predicted molar refractivity (Wildman–Crippen MR) is 46.1 cm³/mol. The number of halogens is 6. The van der Waals surface area contributed by atoms with Gasteiger partial charge in [-0.25, -0.2) is 0 Å². The molecule has 0 aliphatic heterocycles. The lowest BCUT2D eigenvalue weighted by Crippen LogP contribution is -2.30. The smallest absolute Gasteiger partial charge is 0.318 e. The summed E-state index contributed by atoms with van der Waals surface area (Å²) >= 11 is 0. The van der Waals surface area contributed by atoms with Crippen molar-refractivity contribution in [1.29, 1.82) is 0 Å². The average molecular weight is 257 g/mol. The summed E-state index contributed by atoms with van der Waals surface area (Å²) in [6.07, 6.45) is -10.1. The first-order valence-electron chi connectivity index (χ1n) is 4.17. The number of alkyl halides is 6. The van der Waals surface area contributed by atoms with Gasteiger partial charge in [-0.15, -0.1) is 0 Å². The maximum absolute atomic E-state index is 12.4. The first-order chi connectivity index (χ1) is 7.62. The van der Waals surface area contributed by atoms with E-state index < -0.39 is 29.5 Å². The third-order valence-corrected chi connectivity index (χ3v) is 1.74. The van der Waals surface area contributed by atoms with Crippen LogP contribution in [0.2, 0.25) is 0 Å². The highest BCUT2D eigenvalue weighted by molar-refractivity contribution is 5.95. The molecule has 8 heteroatoms. The number of nitrogens with one attached hydrogen (secondary N) is 1. The van der Waals surface area contributed by atoms with Gasteiger partial charge in [0.05, 0.1) is 11.3 Å². The molecule has 0 saturated heterocycles. The van der Waals surface area contributed by atoms with Crippen molar-refractivity contribution in [3.8, 4) is 0 Å². The van der Waals surface area contributed by atoms with Crippen LogP contribution in [0, 0.1) is 0 Å². The van der Waals surface area contributed by atoms with E-state index in [-0.39, 0.29) is 0 Å². The molecule has 0 aliphatic rings. The topological polar surface area (TPSA) is 29.1 Å². The summed E-state index contributed by atoms with van der Waals surface area (Å²) in [5, 5.41) is 1.17. The molecule has 0 heterocycles. The zero-order chi connectivity index (χ0) is 13.3. The molecule has 1 aromatic carbocycles. The van der Waals surface area contributed by atoms with Gasteiger partial charge in [-0.2, -0.15) is 26.3 Å². The van der Waals surface area contributed by atoms with Crippen molar-refractivity contribution in [3.63, 3.8) is 0 Å². The van der Waals surface area contributed by atoms with E-state index in [2.05, 4.69) is 0 Å². The monoisotopic (exact) mass is 257 g/mol. The van der Waals surface area contributed by atoms with Crippen LogP contribution in [0.25, 0.3) is 0 Å². The maximum Gasteiger partial charge on any atom is 0.471 e. The molecular formula is C9H5F6NO. The molecule has 0 unspecified atom stereocenters. The number of carbonyl (C=O) groups is 1. The highest BCUT2D eigenvalue weighted by Gasteiger charge is 2.40. The molecule has 17 heavy (non-hydrogen) atoms. The van der Waals surface area contributed by atoms with Crippen molar-refractivity contribution in [1.82, 2.24) is 0 Å². The number of hydrogen-bond acceptors (Lipinski definition) is 1. The van der Waals surface area contributed by atoms with Crippen molar-refractivity contribution in [3.05, 3.63) is 29.8 Å². The van der Waals surface area contributed by atoms with Gasteiger partial charge in [-0.3, -0.25) is 4.79 Å². The second-order valence-corrected chi connectivity index (χ2v) is 3.00. The summed E-state index contributed by atoms with van der Waals surface area (Å²) in [6.45, 7) is 0. The summed E-state index contributed by atoms with van der Waals surface area (Å²) in [5.41, 5.74) is -2.26. The van der Waals surface area contributed by atoms with Crippen LogP contribution in [0.1, 0.15) is 5.56 Å². The molecule has 0 spiro atoms. The van der Waals surface area contributed by atoms with Gasteiger partial charge in [0, 0.05) is 0 Å². The van der Waals surface area contributed by atoms with E-state index in [1.807, 2.05) is 0 Å². The van der Waals surface area contributed by atoms with Crippen LogP contribution in [-0.4, -0.2) is 12.1 Å². The Morgan fingerprint density at radius 3 is 2.00 bits per heavy atom. The lowest BCUT2D eigenvalue weighted by molar-refractivity contribution is -0.167. The normalized spacial score (nSPS) is 12.4. The third-order valence-electron chi connectivity index (χ3n) is 1.74. The molecule has 0 atom stereocenters. The average Bonchev–Trinajstić information content (AvgIpc) is 2.15. The van der Waals surface area contributed by atoms with Crippen LogP contribution in [0.4, 0.5) is 32.0 Å². The van der Waals surface area contributed by atoms with E-state index in [0.29, 0.717) is 6.07 Å². The van der Waals surface area contributed by atoms with Gasteiger partial charge in [-0.05, 0) is 12.1 Å². The van der Waals surface area contributed by atoms with Crippen molar-refractivity contribution in [2.75, 3.05) is 5.32 Å². The molecule has 1 aromatic rings. The van der Waals surface area contributed by atoms with Crippen LogP contribution in [0.5, 0.6) is 0 Å². The molecule has 0 saturated carbocycles. The number of benzene rings is 1. The fourth-order valence-electron chi connectivity index (χ4n) is 1.03. The molecule has 0 aromatic heterocycles. The molecule has 1 rings (SSSR count). The minimum atomic E-state index is -5.24. The lowest BCUT2D eigenvalue weighted by Gasteiger charge is -2.14. The van der Waals surface area contributed by atoms with Crippen LogP contribution in [0.3, 0.4) is 0 Å². The van der Waals surface area contributed by atoms with Crippen molar-refractivity contribution in [2.24, 2.45) is 0 Å². The summed E-state index contributed by atoms with van der Waals surface area (Å²) in [4.78, 5) is 10.5. The Kier molecular flexibility index (Phi) is 3.35. The van der Waals surface area contributed by atoms with Crippen molar-refractivity contribution in [2.45, 2.75) is 12.4 Å². The van der Waals surface area contributed by atoms with Gasteiger partial charge in [0.15, 0.2) is 0 Å². The second kappa shape index (κ2) is 4.27. The molecule has 1 N–H and O–H groups in total. The molecular weight excluding hydrogens is 252 g/mol. The summed E-state index contributed by atoms with van der Waals surface area (Å²) in [5.74, 6) is -2.45. The zero-order valence-electron chi connectivity index (χ0n) is 7.99. The van der Waals surface area contributed by atoms with Gasteiger partial charge in [0.2, 0.25) is 0 Å². The van der Waals surface area contributed by atoms with E-state index in [4.69, 9.17) is 0 Å². The first kappa shape index (κ1) is 13.3. The number of carbonyl (C=O) groups excluding carboxylic acids is 1. The van der Waals surface area contributed by atoms with Crippen molar-refractivity contribution >= 4 is 11.6 Å². The Morgan fingerprint density at radius 2 is 1.53 bits per heavy atom. The van der Waals surface area contributed by atoms with E-state index in [1.165, 1.54) is 5.32 Å². The number of amides is 1. The van der Waals surface area contributed by atoms with E-state index in [1.54, 1.807) is 0 Å². The van der Waals surface area contributed by atoms with Crippen LogP contribution < -0.4 is 5.32 Å². The summed E-state index contributed by atoms with van der Waals surface area (Å²) in [7, 11) is 0. The first-order valence-corrected chi connectivity index (χ1v) is 4.17. The Bertz CT molecular complexity index is 422. The standard InChI is InChI=1S/C9H5F6NO/c10-8(11,12)5-3-1-2-4-6(5)16-7(17)9(13,14)15/h1-4H,(H,16,17). The Balaban J connectivity index is 3.04. The van der Waals surface area contributed by atoms with Gasteiger partial charge >= 0.3 is 18.3 Å². The molecule has 0 fully saturated rings. The minimum Gasteiger partial charge on any atom is -0.318 e. The number of anilines is 1. The highest BCUT2D eigenvalue weighted by atomic mass is 19.4. The number of para-hydroxylation sites is 1. The molecule has 0 radical (unpaired) electrons. The maximum atomic E-state index is 12.4. The summed E-state index contributed by atoms with van der Waals surface area (Å²) < 4.78 is 72.7. The fourth-order valence-corrected chi connectivity index (χ4v) is 1.03. The molecule has 94 valence electrons. The van der Waals surface area contributed by atoms with Crippen LogP contribution >= 0.6 is 0 Å². The van der Waals surface area contributed by atoms with E-state index >= 15 is 0 Å². The van der Waals surface area contributed by atoms with Gasteiger partial charge < -0.3 is 5.32 Å². The fraction of sp³-hybridized carbons (Fsp3) is 0.222. The SMILES string of the molecule is O=C(Nc1ccccc1C(F)(F)F)C(F)(F)F. The van der Waals surface area contributed by atoms with Gasteiger partial charge in [-0.1, -0.05) is 12.1 Å². The number of hydrogen-bond donors (Lipinski definition) is 1.